The molecule has 0 aliphatic rings. The Morgan fingerprint density at radius 3 is 2.48 bits per heavy atom. The molecule has 0 aliphatic carbocycles. The van der Waals surface area contributed by atoms with E-state index >= 15 is 0 Å². The van der Waals surface area contributed by atoms with E-state index in [1.807, 2.05) is 30.3 Å². The van der Waals surface area contributed by atoms with Gasteiger partial charge in [0, 0.05) is 11.3 Å². The van der Waals surface area contributed by atoms with Gasteiger partial charge in [-0.25, -0.2) is 4.79 Å². The molecule has 0 saturated carbocycles. The number of carbonyl (C=O) groups is 1. The number of oxazole rings is 1. The lowest BCUT2D eigenvalue weighted by Gasteiger charge is -2.09. The summed E-state index contributed by atoms with van der Waals surface area (Å²) in [6.45, 7) is 0. The highest BCUT2D eigenvalue weighted by atomic mass is 19.4. The number of nitrogens with one attached hydrogen (secondary N) is 2. The molecule has 2 aromatic carbocycles. The minimum Gasteiger partial charge on any atom is -0.431 e. The van der Waals surface area contributed by atoms with Gasteiger partial charge >= 0.3 is 18.2 Å². The minimum atomic E-state index is -4.48. The van der Waals surface area contributed by atoms with E-state index in [9.17, 15) is 18.0 Å². The number of aromatic nitrogens is 1. The van der Waals surface area contributed by atoms with Crippen LogP contribution in [0.2, 0.25) is 0 Å². The molecule has 0 aliphatic heterocycles. The molecule has 8 heteroatoms. The first-order valence-corrected chi connectivity index (χ1v) is 7.18. The fourth-order valence-electron chi connectivity index (χ4n) is 2.11. The molecule has 0 fully saturated rings. The monoisotopic (exact) mass is 347 g/mol. The molecular weight excluding hydrogens is 335 g/mol. The van der Waals surface area contributed by atoms with Gasteiger partial charge in [0.05, 0.1) is 5.56 Å². The van der Waals surface area contributed by atoms with Crippen LogP contribution in [0.4, 0.5) is 29.7 Å². The summed E-state index contributed by atoms with van der Waals surface area (Å²) in [5.74, 6) is 0. The second kappa shape index (κ2) is 6.68. The van der Waals surface area contributed by atoms with Gasteiger partial charge in [0.2, 0.25) is 0 Å². The predicted octanol–water partition coefficient (Wildman–Crippen LogP) is 5.00. The molecule has 0 spiro atoms. The Hall–Kier alpha value is -3.29. The molecule has 0 saturated heterocycles. The number of urea groups is 1. The Morgan fingerprint density at radius 2 is 1.76 bits per heavy atom. The quantitative estimate of drug-likeness (QED) is 0.700. The maximum absolute atomic E-state index is 12.7. The van der Waals surface area contributed by atoms with Gasteiger partial charge in [-0.05, 0) is 18.2 Å². The van der Waals surface area contributed by atoms with Crippen molar-refractivity contribution in [2.45, 2.75) is 6.18 Å². The second-order valence-corrected chi connectivity index (χ2v) is 5.06. The predicted molar refractivity (Wildman–Crippen MR) is 86.0 cm³/mol. The number of carbonyl (C=O) groups excluding carboxylic acids is 1. The van der Waals surface area contributed by atoms with Crippen molar-refractivity contribution in [2.24, 2.45) is 0 Å². The average molecular weight is 347 g/mol. The van der Waals surface area contributed by atoms with Crippen molar-refractivity contribution in [3.8, 4) is 11.3 Å². The maximum atomic E-state index is 12.7. The summed E-state index contributed by atoms with van der Waals surface area (Å²) in [6, 6.07) is 12.6. The van der Waals surface area contributed by atoms with Crippen molar-refractivity contribution in [1.82, 2.24) is 4.98 Å². The van der Waals surface area contributed by atoms with Crippen molar-refractivity contribution in [1.29, 1.82) is 0 Å². The number of nitrogens with zero attached hydrogens (tertiary/aromatic N) is 1. The van der Waals surface area contributed by atoms with Crippen LogP contribution >= 0.6 is 0 Å². The lowest BCUT2D eigenvalue weighted by atomic mass is 10.2. The Balaban J connectivity index is 1.67. The highest BCUT2D eigenvalue weighted by Gasteiger charge is 2.30. The van der Waals surface area contributed by atoms with Crippen LogP contribution in [0.1, 0.15) is 5.56 Å². The van der Waals surface area contributed by atoms with E-state index in [1.54, 1.807) is 0 Å². The summed E-state index contributed by atoms with van der Waals surface area (Å²) in [5.41, 5.74) is 0.475. The number of halogens is 3. The van der Waals surface area contributed by atoms with Gasteiger partial charge in [0.15, 0.2) is 0 Å². The molecule has 1 aromatic heterocycles. The first-order chi connectivity index (χ1) is 11.9. The van der Waals surface area contributed by atoms with E-state index in [0.717, 1.165) is 17.7 Å². The van der Waals surface area contributed by atoms with Crippen molar-refractivity contribution in [3.63, 3.8) is 0 Å². The van der Waals surface area contributed by atoms with E-state index in [-0.39, 0.29) is 11.7 Å². The third-order valence-corrected chi connectivity index (χ3v) is 3.24. The number of benzene rings is 2. The molecule has 0 bridgehead atoms. The van der Waals surface area contributed by atoms with Crippen LogP contribution in [0.25, 0.3) is 11.3 Å². The zero-order chi connectivity index (χ0) is 17.9. The fourth-order valence-corrected chi connectivity index (χ4v) is 2.11. The number of alkyl halides is 3. The first-order valence-electron chi connectivity index (χ1n) is 7.18. The molecule has 3 rings (SSSR count). The molecule has 0 unspecified atom stereocenters. The van der Waals surface area contributed by atoms with Gasteiger partial charge < -0.3 is 9.73 Å². The standard InChI is InChI=1S/C17H12F3N3O2/c18-17(19,20)12-7-4-8-13(9-12)21-15(24)23-16-22-14(10-25-16)11-5-2-1-3-6-11/h1-10H,(H2,21,22,23,24). The maximum Gasteiger partial charge on any atom is 0.416 e. The zero-order valence-electron chi connectivity index (χ0n) is 12.7. The summed E-state index contributed by atoms with van der Waals surface area (Å²) in [5, 5.41) is 4.63. The van der Waals surface area contributed by atoms with Gasteiger partial charge in [-0.1, -0.05) is 36.4 Å². The van der Waals surface area contributed by atoms with E-state index < -0.39 is 17.8 Å². The van der Waals surface area contributed by atoms with Crippen LogP contribution in [0, 0.1) is 0 Å². The molecule has 25 heavy (non-hydrogen) atoms. The first kappa shape index (κ1) is 16.6. The molecule has 5 nitrogen and oxygen atoms in total. The van der Waals surface area contributed by atoms with Gasteiger partial charge in [-0.3, -0.25) is 5.32 Å². The van der Waals surface area contributed by atoms with Crippen molar-refractivity contribution >= 4 is 17.7 Å². The molecule has 0 atom stereocenters. The topological polar surface area (TPSA) is 67.2 Å². The van der Waals surface area contributed by atoms with Crippen LogP contribution in [0.5, 0.6) is 0 Å². The summed E-state index contributed by atoms with van der Waals surface area (Å²) >= 11 is 0. The normalized spacial score (nSPS) is 11.2. The van der Waals surface area contributed by atoms with Gasteiger partial charge in [0.25, 0.3) is 0 Å². The summed E-state index contributed by atoms with van der Waals surface area (Å²) in [4.78, 5) is 16.0. The average Bonchev–Trinajstić information content (AvgIpc) is 3.03. The summed E-state index contributed by atoms with van der Waals surface area (Å²) in [6.07, 6.45) is -3.11. The van der Waals surface area contributed by atoms with Gasteiger partial charge in [-0.15, -0.1) is 0 Å². The Morgan fingerprint density at radius 1 is 1.00 bits per heavy atom. The van der Waals surface area contributed by atoms with Crippen LogP contribution < -0.4 is 10.6 Å². The van der Waals surface area contributed by atoms with Gasteiger partial charge in [-0.2, -0.15) is 18.2 Å². The smallest absolute Gasteiger partial charge is 0.416 e. The second-order valence-electron chi connectivity index (χ2n) is 5.06. The SMILES string of the molecule is O=C(Nc1cccc(C(F)(F)F)c1)Nc1nc(-c2ccccc2)co1. The zero-order valence-corrected chi connectivity index (χ0v) is 12.7. The number of rotatable bonds is 3. The van der Waals surface area contributed by atoms with Crippen molar-refractivity contribution in [3.05, 3.63) is 66.4 Å². The lowest BCUT2D eigenvalue weighted by Crippen LogP contribution is -2.20. The van der Waals surface area contributed by atoms with E-state index in [1.165, 1.54) is 18.4 Å². The third kappa shape index (κ3) is 4.17. The largest absolute Gasteiger partial charge is 0.431 e. The fraction of sp³-hybridized carbons (Fsp3) is 0.0588. The van der Waals surface area contributed by atoms with Crippen LogP contribution in [-0.2, 0) is 6.18 Å². The number of hydrogen-bond donors (Lipinski definition) is 2. The lowest BCUT2D eigenvalue weighted by molar-refractivity contribution is -0.137. The summed E-state index contributed by atoms with van der Waals surface area (Å²) < 4.78 is 43.1. The van der Waals surface area contributed by atoms with Crippen LogP contribution in [-0.4, -0.2) is 11.0 Å². The van der Waals surface area contributed by atoms with E-state index in [0.29, 0.717) is 5.69 Å². The third-order valence-electron chi connectivity index (χ3n) is 3.24. The highest BCUT2D eigenvalue weighted by molar-refractivity contribution is 5.98. The van der Waals surface area contributed by atoms with Crippen LogP contribution in [0.3, 0.4) is 0 Å². The number of hydrogen-bond acceptors (Lipinski definition) is 3. The summed E-state index contributed by atoms with van der Waals surface area (Å²) in [7, 11) is 0. The molecule has 0 radical (unpaired) electrons. The Labute approximate surface area is 140 Å². The van der Waals surface area contributed by atoms with E-state index in [4.69, 9.17) is 4.42 Å². The molecular formula is C17H12F3N3O2. The number of anilines is 2. The minimum absolute atomic E-state index is 0.00200. The number of amides is 2. The van der Waals surface area contributed by atoms with Crippen molar-refractivity contribution in [2.75, 3.05) is 10.6 Å². The Bertz CT molecular complexity index is 876. The molecule has 3 aromatic rings. The molecule has 2 amide bonds. The molecule has 128 valence electrons. The molecule has 2 N–H and O–H groups in total. The van der Waals surface area contributed by atoms with E-state index in [2.05, 4.69) is 15.6 Å². The Kier molecular flexibility index (Phi) is 4.42. The van der Waals surface area contributed by atoms with Crippen molar-refractivity contribution < 1.29 is 22.4 Å². The van der Waals surface area contributed by atoms with Crippen LogP contribution in [0.15, 0.2) is 65.3 Å². The molecule has 1 heterocycles. The van der Waals surface area contributed by atoms with Gasteiger partial charge in [0.1, 0.15) is 12.0 Å². The highest BCUT2D eigenvalue weighted by Crippen LogP contribution is 2.30.